The summed E-state index contributed by atoms with van der Waals surface area (Å²) >= 11 is 4.44. The van der Waals surface area contributed by atoms with Crippen LogP contribution in [0, 0.1) is 0 Å². The third-order valence-electron chi connectivity index (χ3n) is 0. The summed E-state index contributed by atoms with van der Waals surface area (Å²) in [6.07, 6.45) is 0. The third kappa shape index (κ3) is 20.8. The molecule has 0 aliphatic heterocycles. The molecule has 0 aliphatic rings. The quantitative estimate of drug-likeness (QED) is 0.549. The zero-order valence-corrected chi connectivity index (χ0v) is 7.88. The van der Waals surface area contributed by atoms with E-state index in [9.17, 15) is 0 Å². The molecule has 0 bridgehead atoms. The molecule has 0 aromatic carbocycles. The first-order valence-corrected chi connectivity index (χ1v) is 4.24. The standard InChI is InChI=1S/2ClH.3Pd/h2*1H;;;/q;;;;+2/p-2. The fraction of sp³-hybridized carbons (Fsp3) is 0. The number of hydrogen-bond donors (Lipinski definition) is 0. The minimum Gasteiger partial charge on any atom is 2.00 e. The molecule has 0 rings (SSSR count). The summed E-state index contributed by atoms with van der Waals surface area (Å²) in [7, 11) is 8.98. The van der Waals surface area contributed by atoms with Crippen LogP contribution in [-0.2, 0) is 56.8 Å². The molecule has 44 valence electrons. The van der Waals surface area contributed by atoms with Crippen molar-refractivity contribution in [1.82, 2.24) is 0 Å². The van der Waals surface area contributed by atoms with Gasteiger partial charge in [-0.2, -0.15) is 0 Å². The van der Waals surface area contributed by atoms with E-state index in [0.29, 0.717) is 0 Å². The Morgan fingerprint density at radius 1 is 0.800 bits per heavy atom. The maximum absolute atomic E-state index is 4.49. The van der Waals surface area contributed by atoms with E-state index < -0.39 is 0 Å². The van der Waals surface area contributed by atoms with Gasteiger partial charge in [0.2, 0.25) is 0 Å². The van der Waals surface area contributed by atoms with Gasteiger partial charge in [-0.05, 0) is 0 Å². The minimum absolute atomic E-state index is 0. The van der Waals surface area contributed by atoms with Crippen LogP contribution in [0.4, 0.5) is 0 Å². The monoisotopic (exact) mass is 388 g/mol. The van der Waals surface area contributed by atoms with Gasteiger partial charge in [0.25, 0.3) is 0 Å². The number of hydrogen-bond acceptors (Lipinski definition) is 0. The number of halogens is 2. The normalized spacial score (nSPS) is 2.80. The van der Waals surface area contributed by atoms with Crippen molar-refractivity contribution in [2.45, 2.75) is 0 Å². The van der Waals surface area contributed by atoms with Gasteiger partial charge in [-0.15, -0.1) is 0 Å². The predicted octanol–water partition coefficient (Wildman–Crippen LogP) is 1.37. The Balaban J connectivity index is -0.0000000133. The van der Waals surface area contributed by atoms with Crippen molar-refractivity contribution in [2.75, 3.05) is 0 Å². The molecule has 0 aromatic heterocycles. The summed E-state index contributed by atoms with van der Waals surface area (Å²) in [4.78, 5) is 0. The molecule has 0 fully saturated rings. The van der Waals surface area contributed by atoms with E-state index in [1.807, 2.05) is 0 Å². The first kappa shape index (κ1) is 15.6. The SMILES string of the molecule is [Cl][Pd-].[Cl][Pd-].[Pd+2]. The molecule has 0 saturated carbocycles. The summed E-state index contributed by atoms with van der Waals surface area (Å²) < 4.78 is 0. The zero-order chi connectivity index (χ0) is 4.00. The maximum Gasteiger partial charge on any atom is 2.00 e. The molecule has 0 amide bonds. The molecule has 0 nitrogen and oxygen atoms in total. The average molecular weight is 390 g/mol. The van der Waals surface area contributed by atoms with E-state index in [4.69, 9.17) is 0 Å². The fourth-order valence-corrected chi connectivity index (χ4v) is 0. The van der Waals surface area contributed by atoms with E-state index in [0.717, 1.165) is 0 Å². The van der Waals surface area contributed by atoms with Gasteiger partial charge in [-0.1, -0.05) is 0 Å². The molecule has 0 atom stereocenters. The Hall–Kier alpha value is 2.57. The van der Waals surface area contributed by atoms with Crippen LogP contribution in [0.15, 0.2) is 0 Å². The zero-order valence-electron chi connectivity index (χ0n) is 1.70. The Labute approximate surface area is 74.8 Å². The Bertz CT molecular complexity index is 4.85. The third-order valence-corrected chi connectivity index (χ3v) is 0. The van der Waals surface area contributed by atoms with Crippen LogP contribution in [0.5, 0.6) is 0 Å². The van der Waals surface area contributed by atoms with Crippen LogP contribution in [0.3, 0.4) is 0 Å². The first-order valence-electron chi connectivity index (χ1n) is 0.239. The molecule has 0 unspecified atom stereocenters. The number of rotatable bonds is 0. The van der Waals surface area contributed by atoms with E-state index in [1.54, 1.807) is 0 Å². The van der Waals surface area contributed by atoms with Gasteiger partial charge in [0.1, 0.15) is 0 Å². The fourth-order valence-electron chi connectivity index (χ4n) is 0. The summed E-state index contributed by atoms with van der Waals surface area (Å²) in [5.74, 6) is 0. The smallest absolute Gasteiger partial charge is 2.00 e. The predicted molar refractivity (Wildman–Crippen MR) is 11.7 cm³/mol. The van der Waals surface area contributed by atoms with Crippen molar-refractivity contribution in [2.24, 2.45) is 0 Å². The van der Waals surface area contributed by atoms with Crippen molar-refractivity contribution >= 4 is 19.1 Å². The second kappa shape index (κ2) is 30.9. The van der Waals surface area contributed by atoms with Gasteiger partial charge in [0.15, 0.2) is 0 Å². The Morgan fingerprint density at radius 2 is 0.800 bits per heavy atom. The van der Waals surface area contributed by atoms with Gasteiger partial charge < -0.3 is 0 Å². The molecule has 5 heteroatoms. The molecule has 0 heterocycles. The largest absolute Gasteiger partial charge is 2.00 e. The van der Waals surface area contributed by atoms with Crippen molar-refractivity contribution < 1.29 is 56.8 Å². The minimum atomic E-state index is 0. The van der Waals surface area contributed by atoms with Gasteiger partial charge in [-0.25, -0.2) is 0 Å². The summed E-state index contributed by atoms with van der Waals surface area (Å²) in [5, 5.41) is 0. The Kier molecular flexibility index (Phi) is 96.6. The second-order valence-corrected chi connectivity index (χ2v) is 0. The molecule has 0 aliphatic carbocycles. The summed E-state index contributed by atoms with van der Waals surface area (Å²) in [5.41, 5.74) is 0. The van der Waals surface area contributed by atoms with E-state index in [-0.39, 0.29) is 20.4 Å². The van der Waals surface area contributed by atoms with Crippen LogP contribution in [0.1, 0.15) is 0 Å². The Morgan fingerprint density at radius 3 is 0.800 bits per heavy atom. The topological polar surface area (TPSA) is 0 Å². The van der Waals surface area contributed by atoms with Crippen LogP contribution in [-0.4, -0.2) is 0 Å². The van der Waals surface area contributed by atoms with Crippen LogP contribution < -0.4 is 0 Å². The van der Waals surface area contributed by atoms with Gasteiger partial charge in [0, 0.05) is 0 Å². The van der Waals surface area contributed by atoms with Gasteiger partial charge >= 0.3 is 75.8 Å². The molecule has 0 aromatic rings. The van der Waals surface area contributed by atoms with Crippen molar-refractivity contribution in [1.29, 1.82) is 0 Å². The van der Waals surface area contributed by atoms with Gasteiger partial charge in [0.05, 0.1) is 0 Å². The molecule has 5 heavy (non-hydrogen) atoms. The van der Waals surface area contributed by atoms with Crippen LogP contribution in [0.2, 0.25) is 0 Å². The van der Waals surface area contributed by atoms with Crippen molar-refractivity contribution in [3.8, 4) is 0 Å². The molecule has 0 N–H and O–H groups in total. The first-order chi connectivity index (χ1) is 2.00. The van der Waals surface area contributed by atoms with Gasteiger partial charge in [-0.3, -0.25) is 0 Å². The van der Waals surface area contributed by atoms with Crippen molar-refractivity contribution in [3.05, 3.63) is 0 Å². The second-order valence-electron chi connectivity index (χ2n) is 0. The molecular weight excluding hydrogens is 390 g/mol. The maximum atomic E-state index is 4.49. The summed E-state index contributed by atoms with van der Waals surface area (Å²) in [6.45, 7) is 0. The summed E-state index contributed by atoms with van der Waals surface area (Å²) in [6, 6.07) is 0. The van der Waals surface area contributed by atoms with Crippen LogP contribution >= 0.6 is 19.1 Å². The average Bonchev–Trinajstić information content (AvgIpc) is 1.50. The van der Waals surface area contributed by atoms with Crippen LogP contribution in [0.25, 0.3) is 0 Å². The van der Waals surface area contributed by atoms with E-state index >= 15 is 0 Å². The van der Waals surface area contributed by atoms with E-state index in [2.05, 4.69) is 55.4 Å². The van der Waals surface area contributed by atoms with E-state index in [1.165, 1.54) is 0 Å². The molecular formula is Cl2Pd3. The molecule has 0 radical (unpaired) electrons. The molecule has 0 saturated heterocycles. The molecule has 0 spiro atoms. The van der Waals surface area contributed by atoms with Crippen molar-refractivity contribution in [3.63, 3.8) is 0 Å².